The van der Waals surface area contributed by atoms with Gasteiger partial charge in [0.1, 0.15) is 5.21 Å². The molecular weight excluding hydrogens is 200 g/mol. The zero-order valence-corrected chi connectivity index (χ0v) is 9.19. The Hall–Kier alpha value is 0.160. The average Bonchev–Trinajstić information content (AvgIpc) is 2.00. The van der Waals surface area contributed by atoms with Crippen LogP contribution in [0.1, 0.15) is 0 Å². The van der Waals surface area contributed by atoms with Crippen LogP contribution in [0.5, 0.6) is 0 Å². The first-order valence-electron chi connectivity index (χ1n) is 3.55. The lowest BCUT2D eigenvalue weighted by atomic mass is 10.6. The standard InChI is InChI=1S/C6H15ClN2O2S/c1-8(2)4-5-9(3)12(10,11)6-7/h4-6H2,1-3H3. The van der Waals surface area contributed by atoms with Crippen LogP contribution in [-0.2, 0) is 10.0 Å². The van der Waals surface area contributed by atoms with Crippen molar-refractivity contribution in [3.8, 4) is 0 Å². The summed E-state index contributed by atoms with van der Waals surface area (Å²) in [5.41, 5.74) is 0. The van der Waals surface area contributed by atoms with E-state index in [1.54, 1.807) is 0 Å². The van der Waals surface area contributed by atoms with Crippen molar-refractivity contribution in [1.29, 1.82) is 0 Å². The number of sulfonamides is 1. The van der Waals surface area contributed by atoms with E-state index in [4.69, 9.17) is 11.6 Å². The summed E-state index contributed by atoms with van der Waals surface area (Å²) in [4.78, 5) is 1.92. The first kappa shape index (κ1) is 12.2. The van der Waals surface area contributed by atoms with Gasteiger partial charge in [-0.3, -0.25) is 0 Å². The van der Waals surface area contributed by atoms with Gasteiger partial charge < -0.3 is 4.90 Å². The van der Waals surface area contributed by atoms with E-state index in [2.05, 4.69) is 0 Å². The van der Waals surface area contributed by atoms with Crippen molar-refractivity contribution in [3.63, 3.8) is 0 Å². The van der Waals surface area contributed by atoms with Gasteiger partial charge in [0.25, 0.3) is 0 Å². The van der Waals surface area contributed by atoms with Crippen molar-refractivity contribution < 1.29 is 8.42 Å². The molecule has 0 aliphatic heterocycles. The van der Waals surface area contributed by atoms with Gasteiger partial charge >= 0.3 is 0 Å². The Morgan fingerprint density at radius 2 is 1.67 bits per heavy atom. The molecule has 0 aliphatic carbocycles. The lowest BCUT2D eigenvalue weighted by Crippen LogP contribution is -2.33. The monoisotopic (exact) mass is 214 g/mol. The molecule has 0 N–H and O–H groups in total. The topological polar surface area (TPSA) is 40.6 Å². The molecule has 0 heterocycles. The van der Waals surface area contributed by atoms with Crippen LogP contribution in [0, 0.1) is 0 Å². The van der Waals surface area contributed by atoms with Gasteiger partial charge in [-0.2, -0.15) is 0 Å². The van der Waals surface area contributed by atoms with Crippen molar-refractivity contribution in [2.45, 2.75) is 0 Å². The molecule has 0 aromatic carbocycles. The van der Waals surface area contributed by atoms with E-state index in [1.807, 2.05) is 19.0 Å². The third-order valence-corrected chi connectivity index (χ3v) is 3.71. The average molecular weight is 215 g/mol. The maximum atomic E-state index is 11.1. The zero-order valence-electron chi connectivity index (χ0n) is 7.62. The minimum Gasteiger partial charge on any atom is -0.308 e. The lowest BCUT2D eigenvalue weighted by molar-refractivity contribution is 0.359. The normalized spacial score (nSPS) is 12.8. The van der Waals surface area contributed by atoms with Crippen molar-refractivity contribution in [3.05, 3.63) is 0 Å². The number of hydrogen-bond acceptors (Lipinski definition) is 3. The van der Waals surface area contributed by atoms with Crippen molar-refractivity contribution in [1.82, 2.24) is 9.21 Å². The summed E-state index contributed by atoms with van der Waals surface area (Å²) in [5, 5.41) is -0.350. The van der Waals surface area contributed by atoms with E-state index in [-0.39, 0.29) is 5.21 Å². The molecule has 0 radical (unpaired) electrons. The molecule has 4 nitrogen and oxygen atoms in total. The number of nitrogens with zero attached hydrogens (tertiary/aromatic N) is 2. The smallest absolute Gasteiger partial charge is 0.227 e. The Kier molecular flexibility index (Phi) is 5.08. The van der Waals surface area contributed by atoms with E-state index in [1.165, 1.54) is 11.4 Å². The van der Waals surface area contributed by atoms with Crippen LogP contribution in [-0.4, -0.2) is 57.1 Å². The number of rotatable bonds is 5. The van der Waals surface area contributed by atoms with Crippen LogP contribution < -0.4 is 0 Å². The maximum Gasteiger partial charge on any atom is 0.227 e. The van der Waals surface area contributed by atoms with E-state index in [0.29, 0.717) is 13.1 Å². The summed E-state index contributed by atoms with van der Waals surface area (Å²) >= 11 is 5.26. The van der Waals surface area contributed by atoms with Crippen LogP contribution >= 0.6 is 11.6 Å². The minimum absolute atomic E-state index is 0.350. The fourth-order valence-corrected chi connectivity index (χ4v) is 1.59. The Balaban J connectivity index is 3.96. The second-order valence-electron chi connectivity index (χ2n) is 2.85. The van der Waals surface area contributed by atoms with Gasteiger partial charge in [-0.05, 0) is 14.1 Å². The number of hydrogen-bond donors (Lipinski definition) is 0. The maximum absolute atomic E-state index is 11.1. The van der Waals surface area contributed by atoms with Crippen LogP contribution in [0.25, 0.3) is 0 Å². The van der Waals surface area contributed by atoms with Crippen molar-refractivity contribution in [2.75, 3.05) is 39.4 Å². The fraction of sp³-hybridized carbons (Fsp3) is 1.00. The van der Waals surface area contributed by atoms with Gasteiger partial charge in [0, 0.05) is 20.1 Å². The molecule has 0 fully saturated rings. The number of alkyl halides is 1. The highest BCUT2D eigenvalue weighted by Gasteiger charge is 2.15. The fourth-order valence-electron chi connectivity index (χ4n) is 0.563. The minimum atomic E-state index is -3.22. The molecule has 12 heavy (non-hydrogen) atoms. The second-order valence-corrected chi connectivity index (χ2v) is 5.51. The van der Waals surface area contributed by atoms with Gasteiger partial charge in [0.05, 0.1) is 0 Å². The number of likely N-dealkylation sites (N-methyl/N-ethyl adjacent to an activating group) is 2. The Morgan fingerprint density at radius 1 is 1.17 bits per heavy atom. The summed E-state index contributed by atoms with van der Waals surface area (Å²) in [6, 6.07) is 0. The molecule has 0 spiro atoms. The molecule has 6 heteroatoms. The summed E-state index contributed by atoms with van der Waals surface area (Å²) in [6.45, 7) is 1.18. The van der Waals surface area contributed by atoms with Gasteiger partial charge in [-0.1, -0.05) is 0 Å². The third kappa shape index (κ3) is 4.25. The molecule has 0 bridgehead atoms. The van der Waals surface area contributed by atoms with Crippen LogP contribution in [0.15, 0.2) is 0 Å². The van der Waals surface area contributed by atoms with Crippen LogP contribution in [0.2, 0.25) is 0 Å². The highest BCUT2D eigenvalue weighted by molar-refractivity contribution is 7.90. The molecule has 0 aromatic heterocycles. The SMILES string of the molecule is CN(C)CCN(C)S(=O)(=O)CCl. The van der Waals surface area contributed by atoms with E-state index < -0.39 is 10.0 Å². The predicted octanol–water partition coefficient (Wildman–Crippen LogP) is 0.00590. The number of halogens is 1. The Morgan fingerprint density at radius 3 is 2.00 bits per heavy atom. The Bertz CT molecular complexity index is 216. The highest BCUT2D eigenvalue weighted by atomic mass is 35.5. The molecule has 74 valence electrons. The van der Waals surface area contributed by atoms with E-state index in [9.17, 15) is 8.42 Å². The summed E-state index contributed by atoms with van der Waals surface area (Å²) in [7, 11) is 2.09. The first-order valence-corrected chi connectivity index (χ1v) is 5.69. The second kappa shape index (κ2) is 5.01. The third-order valence-electron chi connectivity index (χ3n) is 1.47. The van der Waals surface area contributed by atoms with Crippen LogP contribution in [0.4, 0.5) is 0 Å². The zero-order chi connectivity index (χ0) is 9.78. The molecule has 0 saturated carbocycles. The summed E-state index contributed by atoms with van der Waals surface area (Å²) in [6.07, 6.45) is 0. The predicted molar refractivity (Wildman–Crippen MR) is 50.8 cm³/mol. The van der Waals surface area contributed by atoms with Crippen molar-refractivity contribution >= 4 is 21.6 Å². The van der Waals surface area contributed by atoms with Gasteiger partial charge in [-0.15, -0.1) is 11.6 Å². The van der Waals surface area contributed by atoms with Gasteiger partial charge in [-0.25, -0.2) is 12.7 Å². The van der Waals surface area contributed by atoms with Crippen molar-refractivity contribution in [2.24, 2.45) is 0 Å². The van der Waals surface area contributed by atoms with Gasteiger partial charge in [0.15, 0.2) is 0 Å². The molecule has 0 unspecified atom stereocenters. The molecule has 0 atom stereocenters. The van der Waals surface area contributed by atoms with E-state index >= 15 is 0 Å². The molecule has 0 amide bonds. The molecule has 0 rings (SSSR count). The Labute approximate surface area is 79.1 Å². The van der Waals surface area contributed by atoms with E-state index in [0.717, 1.165) is 0 Å². The van der Waals surface area contributed by atoms with Crippen LogP contribution in [0.3, 0.4) is 0 Å². The molecular formula is C6H15ClN2O2S. The molecule has 0 aliphatic rings. The largest absolute Gasteiger partial charge is 0.308 e. The highest BCUT2D eigenvalue weighted by Crippen LogP contribution is 1.99. The quantitative estimate of drug-likeness (QED) is 0.606. The van der Waals surface area contributed by atoms with Gasteiger partial charge in [0.2, 0.25) is 10.0 Å². The summed E-state index contributed by atoms with van der Waals surface area (Å²) < 4.78 is 23.4. The summed E-state index contributed by atoms with van der Waals surface area (Å²) in [5.74, 6) is 0. The molecule has 0 aromatic rings. The molecule has 0 saturated heterocycles. The lowest BCUT2D eigenvalue weighted by Gasteiger charge is -2.17. The first-order chi connectivity index (χ1) is 5.40.